The van der Waals surface area contributed by atoms with Crippen molar-refractivity contribution in [3.63, 3.8) is 0 Å². The van der Waals surface area contributed by atoms with Gasteiger partial charge in [-0.25, -0.2) is 13.9 Å². The molecule has 0 aromatic heterocycles. The molecule has 7 heteroatoms. The Morgan fingerprint density at radius 1 is 0.684 bits per heavy atom. The third kappa shape index (κ3) is 11.5. The van der Waals surface area contributed by atoms with E-state index in [2.05, 4.69) is 41.5 Å². The van der Waals surface area contributed by atoms with Crippen molar-refractivity contribution in [3.05, 3.63) is 0 Å². The minimum Gasteiger partial charge on any atom is -0.231 e. The van der Waals surface area contributed by atoms with Crippen molar-refractivity contribution < 1.29 is 13.9 Å². The minimum absolute atomic E-state index is 0.379. The van der Waals surface area contributed by atoms with Crippen LogP contribution in [0.3, 0.4) is 0 Å². The van der Waals surface area contributed by atoms with E-state index in [4.69, 9.17) is 13.9 Å². The first-order chi connectivity index (χ1) is 9.03. The van der Waals surface area contributed by atoms with E-state index < -0.39 is 0 Å². The van der Waals surface area contributed by atoms with Gasteiger partial charge in [-0.15, -0.1) is 0 Å². The normalized spacial score (nSPS) is 18.5. The van der Waals surface area contributed by atoms with Gasteiger partial charge >= 0.3 is 0 Å². The molecule has 0 heterocycles. The Morgan fingerprint density at radius 2 is 0.947 bits per heavy atom. The number of nitrogens with zero attached hydrogens (tertiary/aromatic N) is 1. The van der Waals surface area contributed by atoms with Crippen LogP contribution in [-0.2, 0) is 13.9 Å². The van der Waals surface area contributed by atoms with Crippen molar-refractivity contribution in [2.75, 3.05) is 0 Å². The second kappa shape index (κ2) is 12.8. The lowest BCUT2D eigenvalue weighted by Crippen LogP contribution is -2.17. The molecule has 6 atom stereocenters. The average molecular weight is 329 g/mol. The topological polar surface area (TPSA) is 30.9 Å². The van der Waals surface area contributed by atoms with E-state index in [-0.39, 0.29) is 0 Å². The highest BCUT2D eigenvalue weighted by Gasteiger charge is 2.13. The van der Waals surface area contributed by atoms with Crippen LogP contribution in [0.15, 0.2) is 0 Å². The largest absolute Gasteiger partial charge is 0.231 e. The Labute approximate surface area is 124 Å². The molecule has 0 radical (unpaired) electrons. The van der Waals surface area contributed by atoms with Crippen LogP contribution >= 0.6 is 26.4 Å². The number of hydrogen-bond acceptors (Lipinski definition) is 4. The summed E-state index contributed by atoms with van der Waals surface area (Å²) in [5, 5.41) is 1.26. The van der Waals surface area contributed by atoms with Gasteiger partial charge in [-0.1, -0.05) is 41.5 Å². The van der Waals surface area contributed by atoms with Gasteiger partial charge in [-0.05, 0) is 36.2 Å². The molecular weight excluding hydrogens is 299 g/mol. The smallest absolute Gasteiger partial charge is 0.0858 e. The SMILES string of the molecule is CCC(C)PON(OPC(C)CC)OPC(C)CC. The van der Waals surface area contributed by atoms with Crippen molar-refractivity contribution in [2.24, 2.45) is 0 Å². The number of rotatable bonds is 12. The summed E-state index contributed by atoms with van der Waals surface area (Å²) in [4.78, 5) is 0. The lowest BCUT2D eigenvalue weighted by atomic mass is 10.4. The van der Waals surface area contributed by atoms with E-state index >= 15 is 0 Å². The summed E-state index contributed by atoms with van der Waals surface area (Å²) in [5.41, 5.74) is 1.61. The van der Waals surface area contributed by atoms with E-state index in [0.717, 1.165) is 19.3 Å². The molecule has 4 nitrogen and oxygen atoms in total. The predicted molar refractivity (Wildman–Crippen MR) is 89.3 cm³/mol. The highest BCUT2D eigenvalue weighted by molar-refractivity contribution is 7.34. The van der Waals surface area contributed by atoms with Gasteiger partial charge < -0.3 is 0 Å². The molecule has 0 aromatic rings. The second-order valence-electron chi connectivity index (χ2n) is 4.78. The maximum absolute atomic E-state index is 5.62. The monoisotopic (exact) mass is 329 g/mol. The van der Waals surface area contributed by atoms with Crippen molar-refractivity contribution in [1.29, 1.82) is 0 Å². The molecule has 0 aliphatic carbocycles. The van der Waals surface area contributed by atoms with Crippen molar-refractivity contribution in [2.45, 2.75) is 77.8 Å². The molecule has 0 saturated carbocycles. The van der Waals surface area contributed by atoms with Crippen LogP contribution < -0.4 is 0 Å². The summed E-state index contributed by atoms with van der Waals surface area (Å²) in [5.74, 6) is 0. The van der Waals surface area contributed by atoms with Crippen LogP contribution in [-0.4, -0.2) is 22.4 Å². The molecule has 0 saturated heterocycles. The van der Waals surface area contributed by atoms with Crippen LogP contribution in [0.4, 0.5) is 0 Å². The van der Waals surface area contributed by atoms with Gasteiger partial charge in [-0.3, -0.25) is 0 Å². The van der Waals surface area contributed by atoms with Crippen LogP contribution in [0.5, 0.6) is 0 Å². The molecule has 0 fully saturated rings. The molecular formula is C12H30NO3P3. The van der Waals surface area contributed by atoms with Gasteiger partial charge in [0, 0.05) is 26.4 Å². The standard InChI is InChI=1S/C12H30NO3P3/c1-7-10(4)17-14-13(15-18-11(5)8-2)16-19-12(6)9-3/h10-12,17-19H,7-9H2,1-6H3. The van der Waals surface area contributed by atoms with E-state index in [1.165, 1.54) is 5.39 Å². The van der Waals surface area contributed by atoms with Gasteiger partial charge in [0.2, 0.25) is 0 Å². The van der Waals surface area contributed by atoms with Gasteiger partial charge in [0.15, 0.2) is 0 Å². The molecule has 0 amide bonds. The zero-order valence-corrected chi connectivity index (χ0v) is 16.0. The summed E-state index contributed by atoms with van der Waals surface area (Å²) < 4.78 is 16.8. The molecule has 116 valence electrons. The van der Waals surface area contributed by atoms with Crippen LogP contribution in [0.25, 0.3) is 0 Å². The molecule has 0 aromatic carbocycles. The number of hydrogen-bond donors (Lipinski definition) is 0. The highest BCUT2D eigenvalue weighted by Crippen LogP contribution is 2.34. The molecule has 0 aliphatic rings. The Hall–Kier alpha value is 1.13. The maximum Gasteiger partial charge on any atom is 0.0858 e. The zero-order valence-electron chi connectivity index (χ0n) is 13.0. The van der Waals surface area contributed by atoms with Crippen LogP contribution in [0.1, 0.15) is 60.8 Å². The molecule has 0 bridgehead atoms. The van der Waals surface area contributed by atoms with Gasteiger partial charge in [0.1, 0.15) is 0 Å². The first kappa shape index (κ1) is 20.1. The summed E-state index contributed by atoms with van der Waals surface area (Å²) in [7, 11) is 1.14. The lowest BCUT2D eigenvalue weighted by molar-refractivity contribution is -0.399. The molecule has 6 unspecified atom stereocenters. The predicted octanol–water partition coefficient (Wildman–Crippen LogP) is 5.26. The Kier molecular flexibility index (Phi) is 13.6. The molecule has 0 spiro atoms. The van der Waals surface area contributed by atoms with Gasteiger partial charge in [0.05, 0.1) is 5.39 Å². The third-order valence-electron chi connectivity index (χ3n) is 2.82. The van der Waals surface area contributed by atoms with E-state index in [1.807, 2.05) is 0 Å². The van der Waals surface area contributed by atoms with Crippen molar-refractivity contribution in [1.82, 2.24) is 5.39 Å². The first-order valence-electron chi connectivity index (χ1n) is 7.10. The highest BCUT2D eigenvalue weighted by atomic mass is 31.1. The molecule has 0 rings (SSSR count). The summed E-state index contributed by atoms with van der Waals surface area (Å²) >= 11 is 0. The van der Waals surface area contributed by atoms with E-state index in [1.54, 1.807) is 0 Å². The fraction of sp³-hybridized carbons (Fsp3) is 1.00. The minimum atomic E-state index is 0.379. The van der Waals surface area contributed by atoms with Crippen LogP contribution in [0.2, 0.25) is 0 Å². The van der Waals surface area contributed by atoms with Crippen molar-refractivity contribution in [3.8, 4) is 0 Å². The molecule has 0 N–H and O–H groups in total. The summed E-state index contributed by atoms with van der Waals surface area (Å²) in [6, 6.07) is 0. The fourth-order valence-corrected chi connectivity index (χ4v) is 2.45. The quantitative estimate of drug-likeness (QED) is 0.361. The molecule has 19 heavy (non-hydrogen) atoms. The Bertz CT molecular complexity index is 179. The Morgan fingerprint density at radius 3 is 1.16 bits per heavy atom. The summed E-state index contributed by atoms with van der Waals surface area (Å²) in [6.07, 6.45) is 3.31. The van der Waals surface area contributed by atoms with Crippen LogP contribution in [0, 0.1) is 0 Å². The zero-order chi connectivity index (χ0) is 14.7. The third-order valence-corrected chi connectivity index (χ3v) is 6.02. The van der Waals surface area contributed by atoms with E-state index in [9.17, 15) is 0 Å². The first-order valence-corrected chi connectivity index (χ1v) is 10.1. The average Bonchev–Trinajstić information content (AvgIpc) is 2.44. The van der Waals surface area contributed by atoms with Gasteiger partial charge in [0.25, 0.3) is 0 Å². The lowest BCUT2D eigenvalue weighted by Gasteiger charge is -2.23. The second-order valence-corrected chi connectivity index (χ2v) is 8.99. The molecule has 0 aliphatic heterocycles. The summed E-state index contributed by atoms with van der Waals surface area (Å²) in [6.45, 7) is 13.0. The Balaban J connectivity index is 4.06. The fourth-order valence-electron chi connectivity index (χ4n) is 0.705. The van der Waals surface area contributed by atoms with E-state index in [0.29, 0.717) is 43.4 Å². The maximum atomic E-state index is 5.62. The van der Waals surface area contributed by atoms with Crippen molar-refractivity contribution >= 4 is 26.4 Å². The van der Waals surface area contributed by atoms with Gasteiger partial charge in [-0.2, -0.15) is 0 Å².